The molecule has 0 radical (unpaired) electrons. The Balaban J connectivity index is 1.98. The van der Waals surface area contributed by atoms with Gasteiger partial charge in [-0.3, -0.25) is 9.69 Å². The van der Waals surface area contributed by atoms with Gasteiger partial charge in [-0.2, -0.15) is 4.98 Å². The Labute approximate surface area is 184 Å². The van der Waals surface area contributed by atoms with Gasteiger partial charge < -0.3 is 14.2 Å². The molecular formula is C22H22N4O4S. The van der Waals surface area contributed by atoms with Crippen molar-refractivity contribution in [3.63, 3.8) is 0 Å². The number of nitrogens with zero attached hydrogens (tertiary/aromatic N) is 4. The van der Waals surface area contributed by atoms with Gasteiger partial charge in [0.15, 0.2) is 5.69 Å². The van der Waals surface area contributed by atoms with Crippen molar-refractivity contribution in [1.82, 2.24) is 15.2 Å². The molecule has 1 atom stereocenters. The van der Waals surface area contributed by atoms with Gasteiger partial charge in [-0.25, -0.2) is 0 Å². The van der Waals surface area contributed by atoms with Crippen molar-refractivity contribution in [2.75, 3.05) is 24.9 Å². The van der Waals surface area contributed by atoms with Crippen LogP contribution in [0.5, 0.6) is 17.4 Å². The van der Waals surface area contributed by atoms with E-state index in [-0.39, 0.29) is 5.91 Å². The molecule has 160 valence electrons. The molecule has 0 bridgehead atoms. The van der Waals surface area contributed by atoms with Crippen molar-refractivity contribution in [3.05, 3.63) is 48.0 Å². The summed E-state index contributed by atoms with van der Waals surface area (Å²) in [4.78, 5) is 19.0. The summed E-state index contributed by atoms with van der Waals surface area (Å²) < 4.78 is 17.4. The van der Waals surface area contributed by atoms with Crippen LogP contribution in [0.25, 0.3) is 11.3 Å². The molecule has 8 nitrogen and oxygen atoms in total. The Morgan fingerprint density at radius 3 is 2.68 bits per heavy atom. The highest BCUT2D eigenvalue weighted by molar-refractivity contribution is 7.99. The molecule has 9 heteroatoms. The summed E-state index contributed by atoms with van der Waals surface area (Å²) in [6, 6.07) is 12.8. The number of carbonyl (C=O) groups excluding carboxylic acids is 1. The summed E-state index contributed by atoms with van der Waals surface area (Å²) in [6.07, 6.45) is -0.846. The minimum absolute atomic E-state index is 0.203. The summed E-state index contributed by atoms with van der Waals surface area (Å²) in [5.41, 5.74) is 2.47. The summed E-state index contributed by atoms with van der Waals surface area (Å²) in [6.45, 7) is 3.50. The highest BCUT2D eigenvalue weighted by Crippen LogP contribution is 2.45. The Morgan fingerprint density at radius 2 is 1.97 bits per heavy atom. The van der Waals surface area contributed by atoms with Gasteiger partial charge in [0.25, 0.3) is 0 Å². The zero-order valence-electron chi connectivity index (χ0n) is 17.7. The summed E-state index contributed by atoms with van der Waals surface area (Å²) in [7, 11) is 3.15. The smallest absolute Gasteiger partial charge is 0.247 e. The quantitative estimate of drug-likeness (QED) is 0.550. The third-order valence-electron chi connectivity index (χ3n) is 4.83. The fourth-order valence-corrected chi connectivity index (χ4v) is 3.98. The molecule has 0 spiro atoms. The minimum atomic E-state index is -0.846. The lowest BCUT2D eigenvalue weighted by Crippen LogP contribution is -2.36. The van der Waals surface area contributed by atoms with Crippen LogP contribution in [-0.4, -0.2) is 41.1 Å². The van der Waals surface area contributed by atoms with Gasteiger partial charge in [0, 0.05) is 12.5 Å². The normalized spacial score (nSPS) is 14.7. The molecule has 3 aromatic rings. The van der Waals surface area contributed by atoms with Crippen molar-refractivity contribution >= 4 is 23.4 Å². The van der Waals surface area contributed by atoms with Crippen molar-refractivity contribution in [2.45, 2.75) is 25.2 Å². The van der Waals surface area contributed by atoms with Gasteiger partial charge in [-0.15, -0.1) is 10.2 Å². The van der Waals surface area contributed by atoms with Gasteiger partial charge in [-0.1, -0.05) is 36.9 Å². The molecule has 31 heavy (non-hydrogen) atoms. The third-order valence-corrected chi connectivity index (χ3v) is 5.55. The zero-order chi connectivity index (χ0) is 22.0. The fourth-order valence-electron chi connectivity index (χ4n) is 3.48. The van der Waals surface area contributed by atoms with Crippen LogP contribution in [0.3, 0.4) is 0 Å². The van der Waals surface area contributed by atoms with Crippen LogP contribution in [0.2, 0.25) is 0 Å². The van der Waals surface area contributed by atoms with E-state index in [4.69, 9.17) is 14.2 Å². The Morgan fingerprint density at radius 1 is 1.16 bits per heavy atom. The van der Waals surface area contributed by atoms with E-state index in [1.54, 1.807) is 37.3 Å². The van der Waals surface area contributed by atoms with E-state index in [1.807, 2.05) is 31.2 Å². The number of thioether (sulfide) groups is 1. The highest BCUT2D eigenvalue weighted by atomic mass is 32.2. The van der Waals surface area contributed by atoms with Crippen LogP contribution in [0.4, 0.5) is 5.69 Å². The number of rotatable bonds is 5. The monoisotopic (exact) mass is 438 g/mol. The lowest BCUT2D eigenvalue weighted by Gasteiger charge is -2.30. The number of benzene rings is 2. The number of carbonyl (C=O) groups is 1. The topological polar surface area (TPSA) is 86.7 Å². The predicted molar refractivity (Wildman–Crippen MR) is 118 cm³/mol. The maximum absolute atomic E-state index is 12.9. The minimum Gasteiger partial charge on any atom is -0.497 e. The second kappa shape index (κ2) is 8.81. The van der Waals surface area contributed by atoms with Crippen LogP contribution >= 0.6 is 11.8 Å². The molecule has 2 heterocycles. The number of hydrogen-bond acceptors (Lipinski definition) is 8. The lowest BCUT2D eigenvalue weighted by molar-refractivity contribution is -0.118. The zero-order valence-corrected chi connectivity index (χ0v) is 18.5. The van der Waals surface area contributed by atoms with E-state index in [0.29, 0.717) is 45.0 Å². The van der Waals surface area contributed by atoms with Crippen molar-refractivity contribution < 1.29 is 19.0 Å². The fraction of sp³-hybridized carbons (Fsp3) is 0.273. The van der Waals surface area contributed by atoms with E-state index in [1.165, 1.54) is 18.7 Å². The highest BCUT2D eigenvalue weighted by Gasteiger charge is 2.36. The molecule has 4 rings (SSSR count). The Hall–Kier alpha value is -3.33. The molecule has 0 aliphatic carbocycles. The van der Waals surface area contributed by atoms with E-state index in [9.17, 15) is 4.79 Å². The van der Waals surface area contributed by atoms with Crippen LogP contribution < -0.4 is 19.1 Å². The van der Waals surface area contributed by atoms with Gasteiger partial charge in [0.05, 0.1) is 25.5 Å². The molecular weight excluding hydrogens is 416 g/mol. The Kier molecular flexibility index (Phi) is 5.94. The van der Waals surface area contributed by atoms with Crippen molar-refractivity contribution in [3.8, 4) is 28.6 Å². The maximum Gasteiger partial charge on any atom is 0.247 e. The number of fused-ring (bicyclic) bond motifs is 3. The Bertz CT molecular complexity index is 1120. The van der Waals surface area contributed by atoms with Gasteiger partial charge in [-0.05, 0) is 30.0 Å². The van der Waals surface area contributed by atoms with Crippen LogP contribution in [-0.2, 0) is 4.79 Å². The number of hydrogen-bond donors (Lipinski definition) is 0. The molecule has 2 aromatic carbocycles. The second-order valence-corrected chi connectivity index (χ2v) is 7.90. The summed E-state index contributed by atoms with van der Waals surface area (Å²) in [5, 5.41) is 9.12. The second-order valence-electron chi connectivity index (χ2n) is 6.67. The molecule has 0 N–H and O–H groups in total. The first-order valence-electron chi connectivity index (χ1n) is 9.72. The molecule has 0 fully saturated rings. The summed E-state index contributed by atoms with van der Waals surface area (Å²) in [5.74, 6) is 2.07. The number of anilines is 1. The van der Waals surface area contributed by atoms with E-state index >= 15 is 0 Å². The van der Waals surface area contributed by atoms with Gasteiger partial charge >= 0.3 is 0 Å². The molecule has 1 aromatic heterocycles. The number of amides is 1. The van der Waals surface area contributed by atoms with Gasteiger partial charge in [0.2, 0.25) is 23.2 Å². The van der Waals surface area contributed by atoms with Crippen molar-refractivity contribution in [2.24, 2.45) is 0 Å². The third kappa shape index (κ3) is 3.88. The first kappa shape index (κ1) is 20.9. The SMILES string of the molecule is CCSc1nnc2c(n1)O[C@@H](c1cc(OC)ccc1OC)N(C(C)=O)c1ccccc1-2. The van der Waals surface area contributed by atoms with Crippen LogP contribution in [0, 0.1) is 0 Å². The van der Waals surface area contributed by atoms with E-state index in [0.717, 1.165) is 5.75 Å². The number of para-hydroxylation sites is 1. The first-order valence-corrected chi connectivity index (χ1v) is 10.7. The number of methoxy groups -OCH3 is 2. The van der Waals surface area contributed by atoms with E-state index in [2.05, 4.69) is 15.2 Å². The average Bonchev–Trinajstić information content (AvgIpc) is 2.93. The maximum atomic E-state index is 12.9. The molecule has 0 saturated carbocycles. The molecule has 1 aliphatic rings. The molecule has 1 amide bonds. The average molecular weight is 439 g/mol. The lowest BCUT2D eigenvalue weighted by atomic mass is 10.1. The standard InChI is InChI=1S/C22H22N4O4S/c1-5-31-22-23-20-19(24-25-22)15-8-6-7-9-17(15)26(13(2)27)21(30-20)16-12-14(28-3)10-11-18(16)29-4/h6-12,21H,5H2,1-4H3/t21-/m0/s1. The molecule has 0 saturated heterocycles. The van der Waals surface area contributed by atoms with Crippen molar-refractivity contribution in [1.29, 1.82) is 0 Å². The van der Waals surface area contributed by atoms with Crippen LogP contribution in [0.1, 0.15) is 25.6 Å². The first-order chi connectivity index (χ1) is 15.1. The number of aromatic nitrogens is 3. The van der Waals surface area contributed by atoms with Gasteiger partial charge in [0.1, 0.15) is 11.5 Å². The number of ether oxygens (including phenoxy) is 3. The van der Waals surface area contributed by atoms with E-state index < -0.39 is 6.23 Å². The molecule has 1 aliphatic heterocycles. The van der Waals surface area contributed by atoms with Crippen LogP contribution in [0.15, 0.2) is 47.6 Å². The predicted octanol–water partition coefficient (Wildman–Crippen LogP) is 4.11. The largest absolute Gasteiger partial charge is 0.497 e. The summed E-state index contributed by atoms with van der Waals surface area (Å²) >= 11 is 1.46. The molecule has 0 unspecified atom stereocenters.